The molecule has 0 bridgehead atoms. The van der Waals surface area contributed by atoms with Crippen LogP contribution in [0, 0.1) is 11.3 Å². The molecule has 1 aromatic rings. The quantitative estimate of drug-likeness (QED) is 0.933. The first-order chi connectivity index (χ1) is 9.70. The van der Waals surface area contributed by atoms with Crippen LogP contribution in [-0.2, 0) is 15.6 Å². The van der Waals surface area contributed by atoms with E-state index >= 15 is 0 Å². The Balaban J connectivity index is 2.17. The SMILES string of the molecule is CC(C)(C)C1CCC(N)C(S(=O)(=O)Cc2ccccc2)C1. The predicted molar refractivity (Wildman–Crippen MR) is 87.6 cm³/mol. The van der Waals surface area contributed by atoms with Gasteiger partial charge >= 0.3 is 0 Å². The van der Waals surface area contributed by atoms with Crippen LogP contribution in [-0.4, -0.2) is 19.7 Å². The molecule has 1 fully saturated rings. The zero-order valence-corrected chi connectivity index (χ0v) is 14.1. The van der Waals surface area contributed by atoms with Crippen LogP contribution >= 0.6 is 0 Å². The minimum atomic E-state index is -3.20. The van der Waals surface area contributed by atoms with E-state index in [2.05, 4.69) is 20.8 Å². The Kier molecular flexibility index (Phi) is 4.79. The van der Waals surface area contributed by atoms with Crippen molar-refractivity contribution in [3.05, 3.63) is 35.9 Å². The van der Waals surface area contributed by atoms with Crippen LogP contribution in [0.15, 0.2) is 30.3 Å². The monoisotopic (exact) mass is 309 g/mol. The van der Waals surface area contributed by atoms with Crippen molar-refractivity contribution in [1.29, 1.82) is 0 Å². The van der Waals surface area contributed by atoms with Gasteiger partial charge in [-0.1, -0.05) is 51.1 Å². The minimum absolute atomic E-state index is 0.100. The Morgan fingerprint density at radius 2 is 1.76 bits per heavy atom. The molecule has 3 atom stereocenters. The lowest BCUT2D eigenvalue weighted by molar-refractivity contribution is 0.171. The van der Waals surface area contributed by atoms with Crippen LogP contribution in [0.25, 0.3) is 0 Å². The van der Waals surface area contributed by atoms with E-state index in [0.29, 0.717) is 12.3 Å². The van der Waals surface area contributed by atoms with Crippen LogP contribution in [0.4, 0.5) is 0 Å². The predicted octanol–water partition coefficient (Wildman–Crippen LogP) is 3.14. The lowest BCUT2D eigenvalue weighted by atomic mass is 9.71. The second-order valence-electron chi connectivity index (χ2n) is 7.37. The van der Waals surface area contributed by atoms with Crippen molar-refractivity contribution in [3.8, 4) is 0 Å². The van der Waals surface area contributed by atoms with E-state index in [-0.39, 0.29) is 17.2 Å². The Hall–Kier alpha value is -0.870. The highest BCUT2D eigenvalue weighted by atomic mass is 32.2. The molecule has 2 rings (SSSR count). The topological polar surface area (TPSA) is 60.2 Å². The lowest BCUT2D eigenvalue weighted by Gasteiger charge is -2.40. The molecule has 2 N–H and O–H groups in total. The molecule has 0 amide bonds. The normalized spacial score (nSPS) is 27.5. The first-order valence-electron chi connectivity index (χ1n) is 7.71. The molecule has 0 saturated heterocycles. The fraction of sp³-hybridized carbons (Fsp3) is 0.647. The van der Waals surface area contributed by atoms with Gasteiger partial charge in [0.25, 0.3) is 0 Å². The van der Waals surface area contributed by atoms with Gasteiger partial charge in [-0.05, 0) is 36.2 Å². The summed E-state index contributed by atoms with van der Waals surface area (Å²) in [5.74, 6) is 0.524. The number of sulfone groups is 1. The molecule has 3 unspecified atom stereocenters. The van der Waals surface area contributed by atoms with Crippen molar-refractivity contribution in [2.24, 2.45) is 17.1 Å². The molecule has 1 aromatic carbocycles. The highest BCUT2D eigenvalue weighted by Gasteiger charge is 2.40. The van der Waals surface area contributed by atoms with Gasteiger partial charge in [-0.25, -0.2) is 8.42 Å². The van der Waals surface area contributed by atoms with E-state index in [0.717, 1.165) is 18.4 Å². The Morgan fingerprint density at radius 3 is 2.33 bits per heavy atom. The number of hydrogen-bond donors (Lipinski definition) is 1. The van der Waals surface area contributed by atoms with Gasteiger partial charge in [-0.3, -0.25) is 0 Å². The third kappa shape index (κ3) is 4.07. The van der Waals surface area contributed by atoms with Gasteiger partial charge in [-0.2, -0.15) is 0 Å². The molecule has 1 aliphatic carbocycles. The fourth-order valence-electron chi connectivity index (χ4n) is 3.27. The molecule has 0 aromatic heterocycles. The summed E-state index contributed by atoms with van der Waals surface area (Å²) in [7, 11) is -3.20. The standard InChI is InChI=1S/C17H27NO2S/c1-17(2,3)14-9-10-15(18)16(11-14)21(19,20)12-13-7-5-4-6-8-13/h4-8,14-16H,9-12,18H2,1-3H3. The zero-order chi connectivity index (χ0) is 15.7. The van der Waals surface area contributed by atoms with Crippen LogP contribution < -0.4 is 5.73 Å². The van der Waals surface area contributed by atoms with Gasteiger partial charge in [0.1, 0.15) is 0 Å². The van der Waals surface area contributed by atoms with Crippen molar-refractivity contribution in [2.75, 3.05) is 0 Å². The largest absolute Gasteiger partial charge is 0.327 e. The van der Waals surface area contributed by atoms with Crippen molar-refractivity contribution in [3.63, 3.8) is 0 Å². The van der Waals surface area contributed by atoms with E-state index in [1.165, 1.54) is 0 Å². The average molecular weight is 309 g/mol. The number of hydrogen-bond acceptors (Lipinski definition) is 3. The maximum Gasteiger partial charge on any atom is 0.158 e. The van der Waals surface area contributed by atoms with Crippen molar-refractivity contribution >= 4 is 9.84 Å². The molecule has 1 saturated carbocycles. The summed E-state index contributed by atoms with van der Waals surface area (Å²) in [5, 5.41) is -0.407. The van der Waals surface area contributed by atoms with E-state index in [9.17, 15) is 8.42 Å². The summed E-state index contributed by atoms with van der Waals surface area (Å²) in [6, 6.07) is 9.17. The summed E-state index contributed by atoms with van der Waals surface area (Å²) in [6.45, 7) is 6.57. The summed E-state index contributed by atoms with van der Waals surface area (Å²) in [5.41, 5.74) is 7.13. The van der Waals surface area contributed by atoms with Gasteiger partial charge < -0.3 is 5.73 Å². The van der Waals surface area contributed by atoms with Crippen LogP contribution in [0.1, 0.15) is 45.6 Å². The average Bonchev–Trinajstić information content (AvgIpc) is 2.38. The molecule has 4 heteroatoms. The molecule has 0 spiro atoms. The minimum Gasteiger partial charge on any atom is -0.327 e. The van der Waals surface area contributed by atoms with E-state index in [1.54, 1.807) is 0 Å². The summed E-state index contributed by atoms with van der Waals surface area (Å²) in [6.07, 6.45) is 2.53. The lowest BCUT2D eigenvalue weighted by Crippen LogP contribution is -2.47. The maximum atomic E-state index is 12.8. The van der Waals surface area contributed by atoms with Gasteiger partial charge in [0, 0.05) is 6.04 Å². The highest BCUT2D eigenvalue weighted by Crippen LogP contribution is 2.40. The first-order valence-corrected chi connectivity index (χ1v) is 9.43. The number of rotatable bonds is 3. The fourth-order valence-corrected chi connectivity index (χ4v) is 5.33. The maximum absolute atomic E-state index is 12.8. The van der Waals surface area contributed by atoms with Crippen LogP contribution in [0.5, 0.6) is 0 Å². The van der Waals surface area contributed by atoms with Gasteiger partial charge in [0.05, 0.1) is 11.0 Å². The molecule has 3 nitrogen and oxygen atoms in total. The van der Waals surface area contributed by atoms with E-state index in [1.807, 2.05) is 30.3 Å². The summed E-state index contributed by atoms with van der Waals surface area (Å²) in [4.78, 5) is 0. The molecule has 118 valence electrons. The highest BCUT2D eigenvalue weighted by molar-refractivity contribution is 7.91. The number of nitrogens with two attached hydrogens (primary N) is 1. The van der Waals surface area contributed by atoms with Crippen LogP contribution in [0.3, 0.4) is 0 Å². The smallest absolute Gasteiger partial charge is 0.158 e. The molecule has 1 aliphatic rings. The number of benzene rings is 1. The molecular weight excluding hydrogens is 282 g/mol. The second kappa shape index (κ2) is 6.09. The summed E-state index contributed by atoms with van der Waals surface area (Å²) >= 11 is 0. The van der Waals surface area contributed by atoms with Gasteiger partial charge in [0.2, 0.25) is 0 Å². The Bertz CT molecular complexity index is 560. The van der Waals surface area contributed by atoms with Gasteiger partial charge in [-0.15, -0.1) is 0 Å². The van der Waals surface area contributed by atoms with Gasteiger partial charge in [0.15, 0.2) is 9.84 Å². The van der Waals surface area contributed by atoms with Crippen molar-refractivity contribution < 1.29 is 8.42 Å². The molecule has 21 heavy (non-hydrogen) atoms. The molecule has 0 heterocycles. The first kappa shape index (κ1) is 16.5. The molecular formula is C17H27NO2S. The van der Waals surface area contributed by atoms with Crippen LogP contribution in [0.2, 0.25) is 0 Å². The van der Waals surface area contributed by atoms with Crippen molar-refractivity contribution in [2.45, 2.75) is 57.1 Å². The molecule has 0 aliphatic heterocycles. The Labute approximate surface area is 128 Å². The van der Waals surface area contributed by atoms with E-state index < -0.39 is 15.1 Å². The third-order valence-electron chi connectivity index (χ3n) is 4.74. The van der Waals surface area contributed by atoms with E-state index in [4.69, 9.17) is 5.73 Å². The zero-order valence-electron chi connectivity index (χ0n) is 13.2. The summed E-state index contributed by atoms with van der Waals surface area (Å²) < 4.78 is 25.5. The van der Waals surface area contributed by atoms with Crippen molar-refractivity contribution in [1.82, 2.24) is 0 Å². The molecule has 0 radical (unpaired) electrons. The Morgan fingerprint density at radius 1 is 1.14 bits per heavy atom. The third-order valence-corrected chi connectivity index (χ3v) is 6.94. The second-order valence-corrected chi connectivity index (χ2v) is 9.59.